The second-order valence-corrected chi connectivity index (χ2v) is 4.24. The van der Waals surface area contributed by atoms with Crippen molar-refractivity contribution in [1.29, 1.82) is 0 Å². The van der Waals surface area contributed by atoms with E-state index in [-0.39, 0.29) is 23.6 Å². The summed E-state index contributed by atoms with van der Waals surface area (Å²) in [5.74, 6) is -0.293. The fourth-order valence-electron chi connectivity index (χ4n) is 1.57. The molecule has 0 aliphatic rings. The van der Waals surface area contributed by atoms with E-state index in [9.17, 15) is 14.9 Å². The number of nitro groups is 1. The van der Waals surface area contributed by atoms with Crippen LogP contribution < -0.4 is 0 Å². The maximum absolute atomic E-state index is 11.8. The van der Waals surface area contributed by atoms with Crippen LogP contribution in [-0.2, 0) is 14.2 Å². The number of nitrogens with zero attached hydrogens (tertiary/aromatic N) is 1. The molecule has 0 fully saturated rings. The zero-order valence-electron chi connectivity index (χ0n) is 11.9. The Morgan fingerprint density at radius 1 is 1.19 bits per heavy atom. The van der Waals surface area contributed by atoms with Gasteiger partial charge in [0, 0.05) is 38.0 Å². The van der Waals surface area contributed by atoms with Gasteiger partial charge in [-0.2, -0.15) is 0 Å². The number of methoxy groups -OCH3 is 1. The van der Waals surface area contributed by atoms with E-state index in [1.165, 1.54) is 24.3 Å². The first-order valence-electron chi connectivity index (χ1n) is 6.57. The Balaban J connectivity index is 2.22. The molecule has 1 aromatic carbocycles. The molecule has 0 aliphatic heterocycles. The summed E-state index contributed by atoms with van der Waals surface area (Å²) in [6.07, 6.45) is 0.809. The lowest BCUT2D eigenvalue weighted by Crippen LogP contribution is -2.13. The first-order valence-corrected chi connectivity index (χ1v) is 6.57. The van der Waals surface area contributed by atoms with Gasteiger partial charge < -0.3 is 14.2 Å². The van der Waals surface area contributed by atoms with Crippen molar-refractivity contribution in [3.05, 3.63) is 39.9 Å². The third kappa shape index (κ3) is 6.94. The molecule has 21 heavy (non-hydrogen) atoms. The van der Waals surface area contributed by atoms with E-state index < -0.39 is 4.92 Å². The van der Waals surface area contributed by atoms with E-state index in [0.29, 0.717) is 26.4 Å². The van der Waals surface area contributed by atoms with Gasteiger partial charge in [-0.3, -0.25) is 14.9 Å². The van der Waals surface area contributed by atoms with Gasteiger partial charge in [0.1, 0.15) is 6.61 Å². The first kappa shape index (κ1) is 17.2. The first-order chi connectivity index (χ1) is 10.1. The number of ether oxygens (including phenoxy) is 3. The van der Waals surface area contributed by atoms with Crippen LogP contribution >= 0.6 is 0 Å². The van der Waals surface area contributed by atoms with Crippen molar-refractivity contribution >= 4 is 11.5 Å². The van der Waals surface area contributed by atoms with E-state index in [2.05, 4.69) is 0 Å². The van der Waals surface area contributed by atoms with Gasteiger partial charge in [0.25, 0.3) is 5.69 Å². The maximum Gasteiger partial charge on any atom is 0.270 e. The highest BCUT2D eigenvalue weighted by molar-refractivity contribution is 5.97. The second kappa shape index (κ2) is 9.98. The predicted octanol–water partition coefficient (Wildman–Crippen LogP) is 1.85. The number of carbonyl (C=O) groups is 1. The summed E-state index contributed by atoms with van der Waals surface area (Å²) in [4.78, 5) is 21.9. The average molecular weight is 297 g/mol. The van der Waals surface area contributed by atoms with Crippen LogP contribution in [0.4, 0.5) is 5.69 Å². The lowest BCUT2D eigenvalue weighted by molar-refractivity contribution is -0.384. The van der Waals surface area contributed by atoms with Crippen molar-refractivity contribution in [1.82, 2.24) is 0 Å². The molecule has 0 heterocycles. The molecule has 0 spiro atoms. The number of ketones is 1. The Bertz CT molecular complexity index is 463. The van der Waals surface area contributed by atoms with E-state index in [4.69, 9.17) is 14.2 Å². The van der Waals surface area contributed by atoms with Crippen molar-refractivity contribution < 1.29 is 23.9 Å². The number of rotatable bonds is 11. The quantitative estimate of drug-likeness (QED) is 0.268. The van der Waals surface area contributed by atoms with Crippen molar-refractivity contribution in [3.63, 3.8) is 0 Å². The summed E-state index contributed by atoms with van der Waals surface area (Å²) >= 11 is 0. The van der Waals surface area contributed by atoms with Gasteiger partial charge in [0.2, 0.25) is 0 Å². The Kier molecular flexibility index (Phi) is 8.18. The van der Waals surface area contributed by atoms with Crippen molar-refractivity contribution in [2.24, 2.45) is 0 Å². The molecule has 0 bridgehead atoms. The SMILES string of the molecule is COCCCOCCOCC(=O)c1cccc([N+](=O)[O-])c1. The van der Waals surface area contributed by atoms with Crippen LogP contribution in [0.1, 0.15) is 16.8 Å². The Labute approximate surface area is 123 Å². The van der Waals surface area contributed by atoms with Crippen LogP contribution in [0.15, 0.2) is 24.3 Å². The van der Waals surface area contributed by atoms with Gasteiger partial charge in [-0.05, 0) is 6.42 Å². The molecule has 0 saturated carbocycles. The number of carbonyl (C=O) groups excluding carboxylic acids is 1. The fraction of sp³-hybridized carbons (Fsp3) is 0.500. The molecule has 0 N–H and O–H groups in total. The van der Waals surface area contributed by atoms with E-state index >= 15 is 0 Å². The minimum Gasteiger partial charge on any atom is -0.385 e. The fourth-order valence-corrected chi connectivity index (χ4v) is 1.57. The summed E-state index contributed by atoms with van der Waals surface area (Å²) in [7, 11) is 1.63. The molecule has 116 valence electrons. The minimum atomic E-state index is -0.536. The van der Waals surface area contributed by atoms with Gasteiger partial charge in [0.15, 0.2) is 5.78 Å². The highest BCUT2D eigenvalue weighted by Gasteiger charge is 2.11. The third-order valence-corrected chi connectivity index (χ3v) is 2.62. The van der Waals surface area contributed by atoms with Crippen molar-refractivity contribution in [2.45, 2.75) is 6.42 Å². The number of hydrogen-bond acceptors (Lipinski definition) is 6. The molecule has 1 rings (SSSR count). The van der Waals surface area contributed by atoms with Crippen LogP contribution in [0.2, 0.25) is 0 Å². The summed E-state index contributed by atoms with van der Waals surface area (Å²) in [5.41, 5.74) is 0.160. The normalized spacial score (nSPS) is 10.5. The summed E-state index contributed by atoms with van der Waals surface area (Å²) in [5, 5.41) is 10.6. The highest BCUT2D eigenvalue weighted by atomic mass is 16.6. The average Bonchev–Trinajstić information content (AvgIpc) is 2.49. The standard InChI is InChI=1S/C14H19NO6/c1-19-6-3-7-20-8-9-21-11-14(16)12-4-2-5-13(10-12)15(17)18/h2,4-5,10H,3,6-9,11H2,1H3. The molecule has 0 saturated heterocycles. The number of hydrogen-bond donors (Lipinski definition) is 0. The van der Waals surface area contributed by atoms with Gasteiger partial charge in [-0.1, -0.05) is 12.1 Å². The predicted molar refractivity (Wildman–Crippen MR) is 75.6 cm³/mol. The van der Waals surface area contributed by atoms with E-state index in [0.717, 1.165) is 6.42 Å². The van der Waals surface area contributed by atoms with Crippen LogP contribution in [-0.4, -0.2) is 50.9 Å². The Hall–Kier alpha value is -1.83. The smallest absolute Gasteiger partial charge is 0.270 e. The maximum atomic E-state index is 11.8. The van der Waals surface area contributed by atoms with E-state index in [1.807, 2.05) is 0 Å². The van der Waals surface area contributed by atoms with Crippen LogP contribution in [0.5, 0.6) is 0 Å². The molecule has 0 atom stereocenters. The lowest BCUT2D eigenvalue weighted by Gasteiger charge is -2.05. The molecular formula is C14H19NO6. The molecular weight excluding hydrogens is 278 g/mol. The summed E-state index contributed by atoms with van der Waals surface area (Å²) in [6.45, 7) is 1.80. The van der Waals surface area contributed by atoms with Gasteiger partial charge in [-0.15, -0.1) is 0 Å². The molecule has 0 amide bonds. The number of Topliss-reactive ketones (excluding diaryl/α,β-unsaturated/α-hetero) is 1. The summed E-state index contributed by atoms with van der Waals surface area (Å²) in [6, 6.07) is 5.59. The molecule has 0 aromatic heterocycles. The third-order valence-electron chi connectivity index (χ3n) is 2.62. The topological polar surface area (TPSA) is 87.9 Å². The van der Waals surface area contributed by atoms with Gasteiger partial charge >= 0.3 is 0 Å². The molecule has 7 heteroatoms. The second-order valence-electron chi connectivity index (χ2n) is 4.24. The monoisotopic (exact) mass is 297 g/mol. The largest absolute Gasteiger partial charge is 0.385 e. The molecule has 1 aromatic rings. The van der Waals surface area contributed by atoms with E-state index in [1.54, 1.807) is 7.11 Å². The minimum absolute atomic E-state index is 0.109. The number of benzene rings is 1. The van der Waals surface area contributed by atoms with Gasteiger partial charge in [0.05, 0.1) is 18.1 Å². The number of non-ortho nitro benzene ring substituents is 1. The zero-order chi connectivity index (χ0) is 15.5. The van der Waals surface area contributed by atoms with Crippen LogP contribution in [0, 0.1) is 10.1 Å². The highest BCUT2D eigenvalue weighted by Crippen LogP contribution is 2.13. The Morgan fingerprint density at radius 2 is 1.95 bits per heavy atom. The lowest BCUT2D eigenvalue weighted by atomic mass is 10.1. The van der Waals surface area contributed by atoms with Crippen molar-refractivity contribution in [2.75, 3.05) is 40.1 Å². The zero-order valence-corrected chi connectivity index (χ0v) is 11.9. The molecule has 7 nitrogen and oxygen atoms in total. The number of nitro benzene ring substituents is 1. The molecule has 0 unspecified atom stereocenters. The van der Waals surface area contributed by atoms with Crippen LogP contribution in [0.3, 0.4) is 0 Å². The Morgan fingerprint density at radius 3 is 2.67 bits per heavy atom. The van der Waals surface area contributed by atoms with Gasteiger partial charge in [-0.25, -0.2) is 0 Å². The molecule has 0 radical (unpaired) electrons. The van der Waals surface area contributed by atoms with Crippen molar-refractivity contribution in [3.8, 4) is 0 Å². The van der Waals surface area contributed by atoms with Crippen LogP contribution in [0.25, 0.3) is 0 Å². The summed E-state index contributed by atoms with van der Waals surface area (Å²) < 4.78 is 15.3. The molecule has 0 aliphatic carbocycles.